The van der Waals surface area contributed by atoms with Crippen LogP contribution < -0.4 is 10.1 Å². The standard InChI is InChI=1S/C17H18N2O5S2/c1-24-11-4-2-10(3-5-11)6-14-16(22)19(17(23)26-14)7-15(21)18-12-8-25-9-13(12)20/h2-6,12-13,20H,7-9H2,1H3,(H,18,21)/t12-,13+/m1/s1. The highest BCUT2D eigenvalue weighted by Gasteiger charge is 2.37. The summed E-state index contributed by atoms with van der Waals surface area (Å²) in [6.45, 7) is -0.349. The van der Waals surface area contributed by atoms with E-state index in [-0.39, 0.29) is 17.5 Å². The largest absolute Gasteiger partial charge is 0.497 e. The molecule has 2 N–H and O–H groups in total. The number of carbonyl (C=O) groups excluding carboxylic acids is 3. The third-order valence-electron chi connectivity index (χ3n) is 3.99. The molecule has 2 aliphatic heterocycles. The van der Waals surface area contributed by atoms with Crippen LogP contribution in [0.1, 0.15) is 5.56 Å². The number of rotatable bonds is 5. The number of hydrogen-bond donors (Lipinski definition) is 2. The summed E-state index contributed by atoms with van der Waals surface area (Å²) in [6, 6.07) is 6.72. The Labute approximate surface area is 159 Å². The summed E-state index contributed by atoms with van der Waals surface area (Å²) in [5.74, 6) is 0.930. The number of nitrogens with one attached hydrogen (secondary N) is 1. The van der Waals surface area contributed by atoms with E-state index < -0.39 is 23.2 Å². The fourth-order valence-electron chi connectivity index (χ4n) is 2.56. The quantitative estimate of drug-likeness (QED) is 0.727. The SMILES string of the molecule is COc1ccc(C=C2SC(=O)N(CC(=O)N[C@@H]3CSC[C@@H]3O)C2=O)cc1. The van der Waals surface area contributed by atoms with E-state index in [4.69, 9.17) is 4.74 Å². The van der Waals surface area contributed by atoms with Crippen LogP contribution in [-0.2, 0) is 9.59 Å². The van der Waals surface area contributed by atoms with Crippen LogP contribution in [-0.4, -0.2) is 64.4 Å². The van der Waals surface area contributed by atoms with Gasteiger partial charge in [-0.1, -0.05) is 12.1 Å². The first-order chi connectivity index (χ1) is 12.5. The van der Waals surface area contributed by atoms with Crippen molar-refractivity contribution in [2.75, 3.05) is 25.2 Å². The minimum absolute atomic E-state index is 0.268. The molecular formula is C17H18N2O5S2. The van der Waals surface area contributed by atoms with Crippen molar-refractivity contribution in [1.29, 1.82) is 0 Å². The van der Waals surface area contributed by atoms with Gasteiger partial charge in [0, 0.05) is 11.5 Å². The molecule has 0 unspecified atom stereocenters. The number of aliphatic hydroxyl groups excluding tert-OH is 1. The fraction of sp³-hybridized carbons (Fsp3) is 0.353. The van der Waals surface area contributed by atoms with Crippen LogP contribution in [0, 0.1) is 0 Å². The van der Waals surface area contributed by atoms with Crippen molar-refractivity contribution < 1.29 is 24.2 Å². The molecule has 2 aliphatic rings. The van der Waals surface area contributed by atoms with Crippen molar-refractivity contribution in [3.05, 3.63) is 34.7 Å². The first-order valence-corrected chi connectivity index (χ1v) is 9.89. The maximum atomic E-state index is 12.4. The summed E-state index contributed by atoms with van der Waals surface area (Å²) in [5, 5.41) is 11.9. The summed E-state index contributed by atoms with van der Waals surface area (Å²) in [4.78, 5) is 37.8. The molecule has 138 valence electrons. The molecular weight excluding hydrogens is 376 g/mol. The van der Waals surface area contributed by atoms with Crippen molar-refractivity contribution >= 4 is 46.7 Å². The smallest absolute Gasteiger partial charge is 0.294 e. The number of thioether (sulfide) groups is 2. The highest BCUT2D eigenvalue weighted by molar-refractivity contribution is 8.18. The topological polar surface area (TPSA) is 95.9 Å². The summed E-state index contributed by atoms with van der Waals surface area (Å²) in [5.41, 5.74) is 0.756. The van der Waals surface area contributed by atoms with E-state index >= 15 is 0 Å². The lowest BCUT2D eigenvalue weighted by atomic mass is 10.2. The van der Waals surface area contributed by atoms with Crippen LogP contribution in [0.25, 0.3) is 6.08 Å². The Hall–Kier alpha value is -1.97. The Bertz CT molecular complexity index is 750. The Balaban J connectivity index is 1.64. The van der Waals surface area contributed by atoms with Gasteiger partial charge in [0.25, 0.3) is 11.1 Å². The number of ether oxygens (including phenoxy) is 1. The maximum Gasteiger partial charge on any atom is 0.294 e. The third-order valence-corrected chi connectivity index (χ3v) is 6.07. The average Bonchev–Trinajstić information content (AvgIpc) is 3.14. The van der Waals surface area contributed by atoms with Gasteiger partial charge < -0.3 is 15.2 Å². The molecule has 2 heterocycles. The van der Waals surface area contributed by atoms with Gasteiger partial charge in [-0.25, -0.2) is 0 Å². The second-order valence-corrected chi connectivity index (χ2v) is 7.89. The van der Waals surface area contributed by atoms with Gasteiger partial charge in [0.1, 0.15) is 12.3 Å². The summed E-state index contributed by atoms with van der Waals surface area (Å²) in [7, 11) is 1.56. The van der Waals surface area contributed by atoms with Gasteiger partial charge in [-0.15, -0.1) is 0 Å². The zero-order valence-electron chi connectivity index (χ0n) is 14.0. The average molecular weight is 394 g/mol. The van der Waals surface area contributed by atoms with Crippen LogP contribution in [0.5, 0.6) is 5.75 Å². The van der Waals surface area contributed by atoms with E-state index in [1.165, 1.54) is 0 Å². The van der Waals surface area contributed by atoms with E-state index in [0.29, 0.717) is 17.3 Å². The highest BCUT2D eigenvalue weighted by Crippen LogP contribution is 2.32. The zero-order chi connectivity index (χ0) is 18.7. The number of imide groups is 1. The second kappa shape index (κ2) is 8.15. The van der Waals surface area contributed by atoms with E-state index in [1.54, 1.807) is 49.2 Å². The van der Waals surface area contributed by atoms with Crippen molar-refractivity contribution in [2.24, 2.45) is 0 Å². The molecule has 9 heteroatoms. The third kappa shape index (κ3) is 4.22. The van der Waals surface area contributed by atoms with E-state index in [9.17, 15) is 19.5 Å². The second-order valence-electron chi connectivity index (χ2n) is 5.82. The van der Waals surface area contributed by atoms with Crippen LogP contribution in [0.15, 0.2) is 29.2 Å². The van der Waals surface area contributed by atoms with Gasteiger partial charge in [-0.05, 0) is 35.5 Å². The molecule has 7 nitrogen and oxygen atoms in total. The first-order valence-electron chi connectivity index (χ1n) is 7.92. The molecule has 2 atom stereocenters. The number of methoxy groups -OCH3 is 1. The highest BCUT2D eigenvalue weighted by atomic mass is 32.2. The fourth-order valence-corrected chi connectivity index (χ4v) is 4.57. The van der Waals surface area contributed by atoms with Gasteiger partial charge in [-0.2, -0.15) is 11.8 Å². The Morgan fingerprint density at radius 3 is 2.69 bits per heavy atom. The monoisotopic (exact) mass is 394 g/mol. The molecule has 0 aromatic heterocycles. The van der Waals surface area contributed by atoms with E-state index in [2.05, 4.69) is 5.32 Å². The van der Waals surface area contributed by atoms with Crippen LogP contribution in [0.3, 0.4) is 0 Å². The normalized spacial score (nSPS) is 24.4. The lowest BCUT2D eigenvalue weighted by Crippen LogP contribution is -2.47. The molecule has 3 amide bonds. The number of nitrogens with zero attached hydrogens (tertiary/aromatic N) is 1. The number of hydrogen-bond acceptors (Lipinski definition) is 7. The summed E-state index contributed by atoms with van der Waals surface area (Å²) in [6.07, 6.45) is 1.01. The molecule has 1 aromatic rings. The molecule has 1 aromatic carbocycles. The number of benzene rings is 1. The molecule has 0 radical (unpaired) electrons. The van der Waals surface area contributed by atoms with Crippen molar-refractivity contribution in [3.63, 3.8) is 0 Å². The number of aliphatic hydroxyl groups is 1. The molecule has 0 bridgehead atoms. The predicted octanol–water partition coefficient (Wildman–Crippen LogP) is 1.32. The molecule has 26 heavy (non-hydrogen) atoms. The van der Waals surface area contributed by atoms with Crippen molar-refractivity contribution in [1.82, 2.24) is 10.2 Å². The van der Waals surface area contributed by atoms with Gasteiger partial charge in [0.2, 0.25) is 5.91 Å². The molecule has 3 rings (SSSR count). The zero-order valence-corrected chi connectivity index (χ0v) is 15.6. The first kappa shape index (κ1) is 18.8. The van der Waals surface area contributed by atoms with Gasteiger partial charge in [-0.3, -0.25) is 19.3 Å². The molecule has 2 fully saturated rings. The summed E-state index contributed by atoms with van der Waals surface area (Å²) < 4.78 is 5.08. The van der Waals surface area contributed by atoms with Gasteiger partial charge in [0.15, 0.2) is 0 Å². The van der Waals surface area contributed by atoms with Crippen molar-refractivity contribution in [2.45, 2.75) is 12.1 Å². The number of carbonyl (C=O) groups is 3. The lowest BCUT2D eigenvalue weighted by Gasteiger charge is -2.18. The van der Waals surface area contributed by atoms with E-state index in [0.717, 1.165) is 22.2 Å². The summed E-state index contributed by atoms with van der Waals surface area (Å²) >= 11 is 2.35. The molecule has 2 saturated heterocycles. The molecule has 0 aliphatic carbocycles. The molecule has 0 spiro atoms. The Morgan fingerprint density at radius 1 is 1.35 bits per heavy atom. The van der Waals surface area contributed by atoms with Crippen molar-refractivity contribution in [3.8, 4) is 5.75 Å². The van der Waals surface area contributed by atoms with Crippen LogP contribution in [0.2, 0.25) is 0 Å². The van der Waals surface area contributed by atoms with Gasteiger partial charge in [0.05, 0.1) is 24.2 Å². The van der Waals surface area contributed by atoms with E-state index in [1.807, 2.05) is 0 Å². The van der Waals surface area contributed by atoms with Crippen LogP contribution >= 0.6 is 23.5 Å². The molecule has 0 saturated carbocycles. The Kier molecular flexibility index (Phi) is 5.90. The van der Waals surface area contributed by atoms with Gasteiger partial charge >= 0.3 is 0 Å². The van der Waals surface area contributed by atoms with Crippen LogP contribution in [0.4, 0.5) is 4.79 Å². The predicted molar refractivity (Wildman–Crippen MR) is 101 cm³/mol. The minimum Gasteiger partial charge on any atom is -0.497 e. The minimum atomic E-state index is -0.603. The lowest BCUT2D eigenvalue weighted by molar-refractivity contribution is -0.129. The number of amides is 3. The Morgan fingerprint density at radius 2 is 2.08 bits per heavy atom. The maximum absolute atomic E-state index is 12.4.